The molecule has 0 aliphatic carbocycles. The predicted molar refractivity (Wildman–Crippen MR) is 98.5 cm³/mol. The molecular formula is C16H18N4O2S2. The van der Waals surface area contributed by atoms with Crippen molar-refractivity contribution in [3.05, 3.63) is 39.6 Å². The fourth-order valence-corrected chi connectivity index (χ4v) is 4.08. The number of rotatable bonds is 5. The van der Waals surface area contributed by atoms with E-state index in [1.807, 2.05) is 29.8 Å². The Kier molecular flexibility index (Phi) is 4.79. The summed E-state index contributed by atoms with van der Waals surface area (Å²) in [5.41, 5.74) is 6.29. The largest absolute Gasteiger partial charge is 0.340 e. The minimum absolute atomic E-state index is 0.0393. The summed E-state index contributed by atoms with van der Waals surface area (Å²) < 4.78 is 1.37. The van der Waals surface area contributed by atoms with Gasteiger partial charge < -0.3 is 10.6 Å². The summed E-state index contributed by atoms with van der Waals surface area (Å²) in [7, 11) is 1.69. The predicted octanol–water partition coefficient (Wildman–Crippen LogP) is 1.99. The van der Waals surface area contributed by atoms with Gasteiger partial charge in [-0.05, 0) is 18.4 Å². The van der Waals surface area contributed by atoms with Crippen molar-refractivity contribution in [2.45, 2.75) is 19.5 Å². The lowest BCUT2D eigenvalue weighted by Crippen LogP contribution is -2.42. The van der Waals surface area contributed by atoms with Gasteiger partial charge in [-0.25, -0.2) is 4.98 Å². The number of hydrogen-bond donors (Lipinski definition) is 1. The second kappa shape index (κ2) is 6.84. The Morgan fingerprint density at radius 2 is 2.25 bits per heavy atom. The van der Waals surface area contributed by atoms with Crippen LogP contribution in [0.15, 0.2) is 34.0 Å². The van der Waals surface area contributed by atoms with Gasteiger partial charge in [0, 0.05) is 35.5 Å². The Labute approximate surface area is 147 Å². The Morgan fingerprint density at radius 1 is 1.46 bits per heavy atom. The molecule has 1 atom stereocenters. The van der Waals surface area contributed by atoms with Crippen LogP contribution in [0.1, 0.15) is 6.92 Å². The number of carbonyl (C=O) groups is 1. The van der Waals surface area contributed by atoms with Crippen LogP contribution in [0.4, 0.5) is 0 Å². The standard InChI is InChI=1S/C16H18N4O2S2/c1-10(6-17)19(2)13(21)7-20-9-18-15-14(16(20)22)11(8-24-15)12-4-3-5-23-12/h3-5,8-10H,6-7,17H2,1-2H3. The van der Waals surface area contributed by atoms with E-state index in [1.54, 1.807) is 23.3 Å². The third kappa shape index (κ3) is 3.00. The van der Waals surface area contributed by atoms with Crippen LogP contribution in [0.25, 0.3) is 20.7 Å². The molecule has 3 aromatic heterocycles. The van der Waals surface area contributed by atoms with Crippen molar-refractivity contribution >= 4 is 38.8 Å². The Bertz CT molecular complexity index is 914. The minimum Gasteiger partial charge on any atom is -0.340 e. The Morgan fingerprint density at radius 3 is 2.92 bits per heavy atom. The first-order valence-corrected chi connectivity index (χ1v) is 9.25. The highest BCUT2D eigenvalue weighted by Crippen LogP contribution is 2.33. The van der Waals surface area contributed by atoms with E-state index in [2.05, 4.69) is 4.98 Å². The van der Waals surface area contributed by atoms with Gasteiger partial charge in [0.25, 0.3) is 5.56 Å². The summed E-state index contributed by atoms with van der Waals surface area (Å²) >= 11 is 3.02. The van der Waals surface area contributed by atoms with Crippen LogP contribution >= 0.6 is 22.7 Å². The second-order valence-corrected chi connectivity index (χ2v) is 7.38. The van der Waals surface area contributed by atoms with Gasteiger partial charge in [-0.2, -0.15) is 0 Å². The molecule has 0 radical (unpaired) electrons. The quantitative estimate of drug-likeness (QED) is 0.753. The van der Waals surface area contributed by atoms with Crippen molar-refractivity contribution in [1.29, 1.82) is 0 Å². The van der Waals surface area contributed by atoms with Crippen LogP contribution in [0.5, 0.6) is 0 Å². The molecule has 0 aromatic carbocycles. The van der Waals surface area contributed by atoms with E-state index >= 15 is 0 Å². The van der Waals surface area contributed by atoms with Crippen molar-refractivity contribution in [1.82, 2.24) is 14.5 Å². The minimum atomic E-state index is -0.188. The summed E-state index contributed by atoms with van der Waals surface area (Å²) in [6.45, 7) is 2.21. The smallest absolute Gasteiger partial charge is 0.263 e. The Hall–Kier alpha value is -2.03. The molecule has 8 heteroatoms. The van der Waals surface area contributed by atoms with Gasteiger partial charge in [-0.1, -0.05) is 6.07 Å². The van der Waals surface area contributed by atoms with Crippen molar-refractivity contribution in [3.8, 4) is 10.4 Å². The number of nitrogens with zero attached hydrogens (tertiary/aromatic N) is 3. The number of thiophene rings is 2. The maximum absolute atomic E-state index is 12.8. The number of aromatic nitrogens is 2. The topological polar surface area (TPSA) is 81.2 Å². The molecular weight excluding hydrogens is 344 g/mol. The highest BCUT2D eigenvalue weighted by molar-refractivity contribution is 7.18. The van der Waals surface area contributed by atoms with Crippen LogP contribution in [-0.2, 0) is 11.3 Å². The number of amides is 1. The average molecular weight is 362 g/mol. The first-order chi connectivity index (χ1) is 11.5. The van der Waals surface area contributed by atoms with Gasteiger partial charge in [0.05, 0.1) is 11.7 Å². The monoisotopic (exact) mass is 362 g/mol. The first kappa shape index (κ1) is 16.8. The highest BCUT2D eigenvalue weighted by Gasteiger charge is 2.18. The third-order valence-corrected chi connectivity index (χ3v) is 5.84. The van der Waals surface area contributed by atoms with Crippen LogP contribution in [-0.4, -0.2) is 40.0 Å². The highest BCUT2D eigenvalue weighted by atomic mass is 32.1. The molecule has 1 unspecified atom stereocenters. The molecule has 24 heavy (non-hydrogen) atoms. The normalized spacial score (nSPS) is 12.5. The van der Waals surface area contributed by atoms with Crippen LogP contribution < -0.4 is 11.3 Å². The zero-order chi connectivity index (χ0) is 17.3. The number of fused-ring (bicyclic) bond motifs is 1. The van der Waals surface area contributed by atoms with Gasteiger partial charge in [0.15, 0.2) is 0 Å². The van der Waals surface area contributed by atoms with E-state index < -0.39 is 0 Å². The lowest BCUT2D eigenvalue weighted by Gasteiger charge is -2.23. The lowest BCUT2D eigenvalue weighted by atomic mass is 10.2. The maximum Gasteiger partial charge on any atom is 0.263 e. The number of likely N-dealkylation sites (N-methyl/N-ethyl adjacent to an activating group) is 1. The van der Waals surface area contributed by atoms with Crippen molar-refractivity contribution in [3.63, 3.8) is 0 Å². The molecule has 0 aliphatic heterocycles. The van der Waals surface area contributed by atoms with Crippen LogP contribution in [0.3, 0.4) is 0 Å². The molecule has 0 saturated heterocycles. The first-order valence-electron chi connectivity index (χ1n) is 7.49. The molecule has 1 amide bonds. The molecule has 2 N–H and O–H groups in total. The molecule has 3 heterocycles. The van der Waals surface area contributed by atoms with E-state index in [0.717, 1.165) is 10.4 Å². The molecule has 3 aromatic rings. The summed E-state index contributed by atoms with van der Waals surface area (Å²) in [6.07, 6.45) is 1.44. The molecule has 0 saturated carbocycles. The zero-order valence-corrected chi connectivity index (χ0v) is 15.1. The molecule has 0 aliphatic rings. The summed E-state index contributed by atoms with van der Waals surface area (Å²) in [4.78, 5) is 32.8. The van der Waals surface area contributed by atoms with Crippen molar-refractivity contribution < 1.29 is 4.79 Å². The van der Waals surface area contributed by atoms with Gasteiger partial charge in [-0.15, -0.1) is 22.7 Å². The Balaban J connectivity index is 1.99. The summed E-state index contributed by atoms with van der Waals surface area (Å²) in [6, 6.07) is 3.85. The molecule has 0 spiro atoms. The van der Waals surface area contributed by atoms with E-state index in [-0.39, 0.29) is 24.1 Å². The molecule has 0 fully saturated rings. The van der Waals surface area contributed by atoms with Gasteiger partial charge in [-0.3, -0.25) is 14.2 Å². The second-order valence-electron chi connectivity index (χ2n) is 5.57. The van der Waals surface area contributed by atoms with Crippen LogP contribution in [0.2, 0.25) is 0 Å². The van der Waals surface area contributed by atoms with Gasteiger partial charge >= 0.3 is 0 Å². The average Bonchev–Trinajstić information content (AvgIpc) is 3.24. The summed E-state index contributed by atoms with van der Waals surface area (Å²) in [5.74, 6) is -0.163. The van der Waals surface area contributed by atoms with Crippen molar-refractivity contribution in [2.24, 2.45) is 5.73 Å². The SMILES string of the molecule is CC(CN)N(C)C(=O)Cn1cnc2scc(-c3cccs3)c2c1=O. The number of carbonyl (C=O) groups excluding carboxylic acids is 1. The molecule has 3 rings (SSSR count). The van der Waals surface area contributed by atoms with E-state index in [9.17, 15) is 9.59 Å². The summed E-state index contributed by atoms with van der Waals surface area (Å²) in [5, 5.41) is 4.49. The molecule has 0 bridgehead atoms. The fourth-order valence-electron chi connectivity index (χ4n) is 2.35. The van der Waals surface area contributed by atoms with Crippen molar-refractivity contribution in [2.75, 3.05) is 13.6 Å². The van der Waals surface area contributed by atoms with E-state index in [0.29, 0.717) is 16.8 Å². The third-order valence-electron chi connectivity index (χ3n) is 4.05. The lowest BCUT2D eigenvalue weighted by molar-refractivity contribution is -0.132. The fraction of sp³-hybridized carbons (Fsp3) is 0.312. The van der Waals surface area contributed by atoms with Gasteiger partial charge in [0.1, 0.15) is 11.4 Å². The van der Waals surface area contributed by atoms with E-state index in [4.69, 9.17) is 5.73 Å². The van der Waals surface area contributed by atoms with Crippen LogP contribution in [0, 0.1) is 0 Å². The van der Waals surface area contributed by atoms with Gasteiger partial charge in [0.2, 0.25) is 5.91 Å². The van der Waals surface area contributed by atoms with E-state index in [1.165, 1.54) is 22.2 Å². The number of nitrogens with two attached hydrogens (primary N) is 1. The molecule has 126 valence electrons. The molecule has 6 nitrogen and oxygen atoms in total. The zero-order valence-electron chi connectivity index (χ0n) is 13.4. The number of hydrogen-bond acceptors (Lipinski definition) is 6. The maximum atomic E-state index is 12.8.